The SMILES string of the molecule is COCCOC(=O)COc1ccc(C(=O)[C@H](C)NC(=O)c2ccc(C(=N)N)cc2)cc1. The van der Waals surface area contributed by atoms with E-state index in [1.807, 2.05) is 0 Å². The molecule has 0 radical (unpaired) electrons. The molecule has 0 aliphatic carbocycles. The van der Waals surface area contributed by atoms with Crippen LogP contribution in [0.25, 0.3) is 0 Å². The minimum absolute atomic E-state index is 0.0917. The van der Waals surface area contributed by atoms with Crippen molar-refractivity contribution in [3.8, 4) is 5.75 Å². The van der Waals surface area contributed by atoms with Gasteiger partial charge in [0.25, 0.3) is 5.91 Å². The minimum Gasteiger partial charge on any atom is -0.482 e. The van der Waals surface area contributed by atoms with Gasteiger partial charge in [0.05, 0.1) is 12.6 Å². The summed E-state index contributed by atoms with van der Waals surface area (Å²) in [5.74, 6) is -0.902. The standard InChI is InChI=1S/C22H25N3O6/c1-14(25-22(28)17-5-3-16(4-6-17)21(23)24)20(27)15-7-9-18(10-8-15)31-13-19(26)30-12-11-29-2/h3-10,14H,11-13H2,1-2H3,(H3,23,24)(H,25,28)/t14-/m0/s1. The van der Waals surface area contributed by atoms with Gasteiger partial charge < -0.3 is 25.3 Å². The first-order valence-corrected chi connectivity index (χ1v) is 9.48. The third kappa shape index (κ3) is 7.23. The molecule has 4 N–H and O–H groups in total. The van der Waals surface area contributed by atoms with Crippen LogP contribution < -0.4 is 15.8 Å². The summed E-state index contributed by atoms with van der Waals surface area (Å²) < 4.78 is 15.0. The Morgan fingerprint density at radius 1 is 0.968 bits per heavy atom. The maximum atomic E-state index is 12.6. The summed E-state index contributed by atoms with van der Waals surface area (Å²) in [5.41, 5.74) is 6.64. The number of carbonyl (C=O) groups excluding carboxylic acids is 3. The molecule has 0 aliphatic heterocycles. The zero-order valence-electron chi connectivity index (χ0n) is 17.3. The predicted octanol–water partition coefficient (Wildman–Crippen LogP) is 1.54. The van der Waals surface area contributed by atoms with Crippen molar-refractivity contribution in [3.05, 3.63) is 65.2 Å². The van der Waals surface area contributed by atoms with Crippen molar-refractivity contribution in [1.82, 2.24) is 5.32 Å². The van der Waals surface area contributed by atoms with E-state index in [1.54, 1.807) is 43.3 Å². The molecule has 1 amide bonds. The Labute approximate surface area is 180 Å². The number of rotatable bonds is 11. The highest BCUT2D eigenvalue weighted by Gasteiger charge is 2.18. The van der Waals surface area contributed by atoms with Crippen LogP contribution in [0.1, 0.15) is 33.2 Å². The van der Waals surface area contributed by atoms with Crippen molar-refractivity contribution in [2.75, 3.05) is 26.9 Å². The summed E-state index contributed by atoms with van der Waals surface area (Å²) in [6.07, 6.45) is 0. The molecule has 9 heteroatoms. The second kappa shape index (κ2) is 11.5. The lowest BCUT2D eigenvalue weighted by Gasteiger charge is -2.14. The van der Waals surface area contributed by atoms with Crippen LogP contribution in [0.2, 0.25) is 0 Å². The molecule has 31 heavy (non-hydrogen) atoms. The number of hydrogen-bond acceptors (Lipinski definition) is 7. The summed E-state index contributed by atoms with van der Waals surface area (Å²) in [5, 5.41) is 10.0. The molecule has 0 saturated carbocycles. The number of nitrogen functional groups attached to an aromatic ring is 1. The quantitative estimate of drug-likeness (QED) is 0.162. The Morgan fingerprint density at radius 2 is 1.55 bits per heavy atom. The Balaban J connectivity index is 1.88. The van der Waals surface area contributed by atoms with Crippen LogP contribution in [0.5, 0.6) is 5.75 Å². The third-order valence-corrected chi connectivity index (χ3v) is 4.25. The average molecular weight is 427 g/mol. The van der Waals surface area contributed by atoms with E-state index in [0.29, 0.717) is 29.0 Å². The molecule has 0 bridgehead atoms. The molecule has 0 saturated heterocycles. The topological polar surface area (TPSA) is 141 Å². The fourth-order valence-corrected chi connectivity index (χ4v) is 2.53. The number of esters is 1. The number of carbonyl (C=O) groups is 3. The van der Waals surface area contributed by atoms with Gasteiger partial charge in [-0.05, 0) is 43.3 Å². The summed E-state index contributed by atoms with van der Waals surface area (Å²) in [4.78, 5) is 36.5. The first-order chi connectivity index (χ1) is 14.8. The number of amidine groups is 1. The highest BCUT2D eigenvalue weighted by atomic mass is 16.6. The largest absolute Gasteiger partial charge is 0.482 e. The maximum absolute atomic E-state index is 12.6. The van der Waals surface area contributed by atoms with E-state index in [1.165, 1.54) is 19.2 Å². The summed E-state index contributed by atoms with van der Waals surface area (Å²) in [6, 6.07) is 11.7. The van der Waals surface area contributed by atoms with Crippen molar-refractivity contribution in [2.24, 2.45) is 5.73 Å². The summed E-state index contributed by atoms with van der Waals surface area (Å²) >= 11 is 0. The molecule has 2 rings (SSSR count). The van der Waals surface area contributed by atoms with E-state index in [9.17, 15) is 14.4 Å². The lowest BCUT2D eigenvalue weighted by molar-refractivity contribution is -0.147. The van der Waals surface area contributed by atoms with Gasteiger partial charge in [-0.15, -0.1) is 0 Å². The second-order valence-corrected chi connectivity index (χ2v) is 6.58. The minimum atomic E-state index is -0.762. The molecule has 0 aromatic heterocycles. The normalized spacial score (nSPS) is 11.3. The molecule has 0 fully saturated rings. The summed E-state index contributed by atoms with van der Waals surface area (Å²) in [6.45, 7) is 1.79. The summed E-state index contributed by atoms with van der Waals surface area (Å²) in [7, 11) is 1.51. The van der Waals surface area contributed by atoms with Crippen LogP contribution in [-0.2, 0) is 14.3 Å². The van der Waals surface area contributed by atoms with Crippen LogP contribution >= 0.6 is 0 Å². The zero-order chi connectivity index (χ0) is 22.8. The molecule has 0 spiro atoms. The molecule has 2 aromatic rings. The zero-order valence-corrected chi connectivity index (χ0v) is 17.3. The van der Waals surface area contributed by atoms with Crippen molar-refractivity contribution < 1.29 is 28.6 Å². The van der Waals surface area contributed by atoms with E-state index in [2.05, 4.69) is 5.32 Å². The predicted molar refractivity (Wildman–Crippen MR) is 113 cm³/mol. The Hall–Kier alpha value is -3.72. The number of benzene rings is 2. The molecule has 2 aromatic carbocycles. The maximum Gasteiger partial charge on any atom is 0.344 e. The van der Waals surface area contributed by atoms with Crippen molar-refractivity contribution >= 4 is 23.5 Å². The number of amides is 1. The van der Waals surface area contributed by atoms with Crippen LogP contribution in [0.15, 0.2) is 48.5 Å². The molecule has 0 aliphatic rings. The van der Waals surface area contributed by atoms with Gasteiger partial charge >= 0.3 is 5.97 Å². The monoisotopic (exact) mass is 427 g/mol. The molecule has 0 heterocycles. The third-order valence-electron chi connectivity index (χ3n) is 4.25. The number of Topliss-reactive ketones (excluding diaryl/α,β-unsaturated/α-hetero) is 1. The number of hydrogen-bond donors (Lipinski definition) is 3. The highest BCUT2D eigenvalue weighted by Crippen LogP contribution is 2.14. The molecular formula is C22H25N3O6. The van der Waals surface area contributed by atoms with Crippen LogP contribution in [0.3, 0.4) is 0 Å². The van der Waals surface area contributed by atoms with E-state index in [-0.39, 0.29) is 24.8 Å². The lowest BCUT2D eigenvalue weighted by Crippen LogP contribution is -2.38. The van der Waals surface area contributed by atoms with Crippen molar-refractivity contribution in [1.29, 1.82) is 5.41 Å². The van der Waals surface area contributed by atoms with E-state index in [4.69, 9.17) is 25.4 Å². The van der Waals surface area contributed by atoms with Crippen LogP contribution in [-0.4, -0.2) is 56.5 Å². The number of ether oxygens (including phenoxy) is 3. The Morgan fingerprint density at radius 3 is 2.13 bits per heavy atom. The fraction of sp³-hybridized carbons (Fsp3) is 0.273. The number of nitrogens with two attached hydrogens (primary N) is 1. The van der Waals surface area contributed by atoms with Gasteiger partial charge in [-0.3, -0.25) is 15.0 Å². The van der Waals surface area contributed by atoms with Gasteiger partial charge in [0, 0.05) is 23.8 Å². The number of methoxy groups -OCH3 is 1. The number of ketones is 1. The molecule has 0 unspecified atom stereocenters. The van der Waals surface area contributed by atoms with Gasteiger partial charge in [0.15, 0.2) is 12.4 Å². The first kappa shape index (κ1) is 23.6. The average Bonchev–Trinajstić information content (AvgIpc) is 2.77. The molecule has 164 valence electrons. The lowest BCUT2D eigenvalue weighted by atomic mass is 10.0. The Kier molecular flexibility index (Phi) is 8.71. The molecule has 9 nitrogen and oxygen atoms in total. The van der Waals surface area contributed by atoms with Gasteiger partial charge in [0.2, 0.25) is 0 Å². The first-order valence-electron chi connectivity index (χ1n) is 9.48. The van der Waals surface area contributed by atoms with Gasteiger partial charge in [-0.25, -0.2) is 4.79 Å². The Bertz CT molecular complexity index is 925. The fourth-order valence-electron chi connectivity index (χ4n) is 2.53. The smallest absolute Gasteiger partial charge is 0.344 e. The van der Waals surface area contributed by atoms with E-state index < -0.39 is 17.9 Å². The van der Waals surface area contributed by atoms with Crippen LogP contribution in [0, 0.1) is 5.41 Å². The van der Waals surface area contributed by atoms with Gasteiger partial charge in [-0.1, -0.05) is 12.1 Å². The second-order valence-electron chi connectivity index (χ2n) is 6.58. The van der Waals surface area contributed by atoms with E-state index in [0.717, 1.165) is 0 Å². The number of nitrogens with one attached hydrogen (secondary N) is 2. The van der Waals surface area contributed by atoms with Crippen LogP contribution in [0.4, 0.5) is 0 Å². The van der Waals surface area contributed by atoms with Gasteiger partial charge in [0.1, 0.15) is 18.2 Å². The molecular weight excluding hydrogens is 402 g/mol. The van der Waals surface area contributed by atoms with Crippen molar-refractivity contribution in [2.45, 2.75) is 13.0 Å². The van der Waals surface area contributed by atoms with E-state index >= 15 is 0 Å². The van der Waals surface area contributed by atoms with Gasteiger partial charge in [-0.2, -0.15) is 0 Å². The highest BCUT2D eigenvalue weighted by molar-refractivity contribution is 6.04. The molecule has 1 atom stereocenters. The van der Waals surface area contributed by atoms with Crippen molar-refractivity contribution in [3.63, 3.8) is 0 Å².